The summed E-state index contributed by atoms with van der Waals surface area (Å²) in [5.74, 6) is 0.387. The summed E-state index contributed by atoms with van der Waals surface area (Å²) in [5.41, 5.74) is 12.4. The van der Waals surface area contributed by atoms with Gasteiger partial charge in [0.05, 0.1) is 36.2 Å². The second-order valence-electron chi connectivity index (χ2n) is 18.1. The van der Waals surface area contributed by atoms with Crippen molar-refractivity contribution in [1.29, 1.82) is 0 Å². The van der Waals surface area contributed by atoms with Crippen LogP contribution in [-0.4, -0.2) is 58.0 Å². The van der Waals surface area contributed by atoms with Crippen LogP contribution >= 0.6 is 0 Å². The van der Waals surface area contributed by atoms with Gasteiger partial charge in [0.15, 0.2) is 6.29 Å². The third kappa shape index (κ3) is 11.9. The van der Waals surface area contributed by atoms with Crippen LogP contribution in [0.5, 0.6) is 0 Å². The van der Waals surface area contributed by atoms with E-state index in [2.05, 4.69) is 45.1 Å². The third-order valence-corrected chi connectivity index (χ3v) is 12.3. The summed E-state index contributed by atoms with van der Waals surface area (Å²) >= 11 is 0. The molecular formula is C50H63N5O6. The Morgan fingerprint density at radius 1 is 0.787 bits per heavy atom. The molecular weight excluding hydrogens is 767 g/mol. The maximum atomic E-state index is 13.9. The molecule has 0 bridgehead atoms. The van der Waals surface area contributed by atoms with E-state index in [1.54, 1.807) is 12.1 Å². The summed E-state index contributed by atoms with van der Waals surface area (Å²) < 4.78 is 13.7. The Bertz CT molecular complexity index is 2120. The number of aliphatic hydroxyl groups is 1. The first-order chi connectivity index (χ1) is 29.4. The van der Waals surface area contributed by atoms with Crippen molar-refractivity contribution in [3.05, 3.63) is 119 Å². The van der Waals surface area contributed by atoms with E-state index in [0.717, 1.165) is 52.6 Å². The SMILES string of the molecule is CC(C)(C)NC(=O)[C@H]1CC[C@H]2CCCC[C@H]2N1C[C@H]1C[C@@H](c2ccc(CO)cc2)O[C@@H](c2cccc(-c3cccc(CNC(=O)CCCC(=O)Nc4ccccc4N)c3)c2)O1. The van der Waals surface area contributed by atoms with Crippen molar-refractivity contribution < 1.29 is 29.0 Å². The number of nitrogens with one attached hydrogen (secondary N) is 3. The molecule has 4 aromatic rings. The number of ether oxygens (including phenoxy) is 2. The number of nitrogen functional groups attached to an aromatic ring is 1. The van der Waals surface area contributed by atoms with Gasteiger partial charge in [-0.15, -0.1) is 0 Å². The van der Waals surface area contributed by atoms with Crippen molar-refractivity contribution in [3.8, 4) is 11.1 Å². The summed E-state index contributed by atoms with van der Waals surface area (Å²) in [4.78, 5) is 41.5. The highest BCUT2D eigenvalue weighted by molar-refractivity contribution is 5.94. The van der Waals surface area contributed by atoms with Gasteiger partial charge in [0.1, 0.15) is 0 Å². The zero-order valence-electron chi connectivity index (χ0n) is 35.9. The van der Waals surface area contributed by atoms with Crippen molar-refractivity contribution >= 4 is 29.1 Å². The first kappa shape index (κ1) is 44.0. The third-order valence-electron chi connectivity index (χ3n) is 12.3. The monoisotopic (exact) mass is 829 g/mol. The number of fused-ring (bicyclic) bond motifs is 1. The Balaban J connectivity index is 1.04. The molecule has 3 amide bonds. The van der Waals surface area contributed by atoms with E-state index >= 15 is 0 Å². The molecule has 4 aromatic carbocycles. The first-order valence-electron chi connectivity index (χ1n) is 22.1. The van der Waals surface area contributed by atoms with Gasteiger partial charge in [0, 0.05) is 49.5 Å². The van der Waals surface area contributed by atoms with E-state index < -0.39 is 6.29 Å². The van der Waals surface area contributed by atoms with Crippen LogP contribution in [0.2, 0.25) is 0 Å². The van der Waals surface area contributed by atoms with Crippen molar-refractivity contribution in [2.75, 3.05) is 17.6 Å². The molecule has 6 N–H and O–H groups in total. The number of likely N-dealkylation sites (tertiary alicyclic amines) is 1. The number of carbonyl (C=O) groups excluding carboxylic acids is 3. The number of nitrogens with zero attached hydrogens (tertiary/aromatic N) is 1. The van der Waals surface area contributed by atoms with Crippen molar-refractivity contribution in [2.45, 2.75) is 134 Å². The van der Waals surface area contributed by atoms with Gasteiger partial charge in [-0.3, -0.25) is 19.3 Å². The quantitative estimate of drug-likeness (QED) is 0.0795. The molecule has 324 valence electrons. The lowest BCUT2D eigenvalue weighted by Gasteiger charge is -2.50. The Hall–Kier alpha value is -5.07. The maximum Gasteiger partial charge on any atom is 0.237 e. The minimum absolute atomic E-state index is 0.0255. The highest BCUT2D eigenvalue weighted by Crippen LogP contribution is 2.42. The molecule has 11 heteroatoms. The lowest BCUT2D eigenvalue weighted by atomic mass is 9.75. The Labute approximate surface area is 360 Å². The number of carbonyl (C=O) groups is 3. The molecule has 0 spiro atoms. The largest absolute Gasteiger partial charge is 0.397 e. The molecule has 6 atom stereocenters. The zero-order chi connectivity index (χ0) is 42.9. The highest BCUT2D eigenvalue weighted by atomic mass is 16.7. The second kappa shape index (κ2) is 20.2. The van der Waals surface area contributed by atoms with Gasteiger partial charge < -0.3 is 36.3 Å². The number of para-hydroxylation sites is 2. The number of anilines is 2. The molecule has 3 aliphatic rings. The molecule has 2 aliphatic heterocycles. The summed E-state index contributed by atoms with van der Waals surface area (Å²) in [5, 5.41) is 18.8. The fraction of sp³-hybridized carbons (Fsp3) is 0.460. The maximum absolute atomic E-state index is 13.9. The van der Waals surface area contributed by atoms with Crippen molar-refractivity contribution in [3.63, 3.8) is 0 Å². The van der Waals surface area contributed by atoms with E-state index in [9.17, 15) is 19.5 Å². The van der Waals surface area contributed by atoms with E-state index in [0.29, 0.717) is 49.3 Å². The topological polar surface area (TPSA) is 155 Å². The van der Waals surface area contributed by atoms with Gasteiger partial charge >= 0.3 is 0 Å². The lowest BCUT2D eigenvalue weighted by molar-refractivity contribution is -0.255. The van der Waals surface area contributed by atoms with Gasteiger partial charge in [0.2, 0.25) is 17.7 Å². The summed E-state index contributed by atoms with van der Waals surface area (Å²) in [6.07, 6.45) is 7.06. The molecule has 1 saturated carbocycles. The normalized spacial score (nSPS) is 23.1. The van der Waals surface area contributed by atoms with Gasteiger partial charge in [-0.2, -0.15) is 0 Å². The fourth-order valence-electron chi connectivity index (χ4n) is 9.24. The summed E-state index contributed by atoms with van der Waals surface area (Å²) in [6, 6.07) is 31.5. The predicted octanol–water partition coefficient (Wildman–Crippen LogP) is 8.34. The van der Waals surface area contributed by atoms with E-state index in [4.69, 9.17) is 15.2 Å². The van der Waals surface area contributed by atoms with Gasteiger partial charge in [-0.1, -0.05) is 85.6 Å². The molecule has 0 aromatic heterocycles. The van der Waals surface area contributed by atoms with Crippen LogP contribution in [0.1, 0.15) is 120 Å². The van der Waals surface area contributed by atoms with Crippen LogP contribution in [0.25, 0.3) is 11.1 Å². The van der Waals surface area contributed by atoms with Gasteiger partial charge in [-0.25, -0.2) is 0 Å². The standard InChI is InChI=1S/C50H63N5O6/c1-50(2,3)54-48(59)44-26-25-35-12-4-7-18-43(35)55(44)31-40-29-45(36-23-21-33(32-56)22-24-36)61-49(60-40)39-15-9-14-38(28-39)37-13-8-11-34(27-37)30-52-46(57)19-10-20-47(58)53-42-17-6-5-16-41(42)51/h5-6,8-9,11,13-17,21-24,27-28,35,40,43-45,49,56H,4,7,10,12,18-20,25-26,29-32,51H2,1-3H3,(H,52,57)(H,53,58)(H,54,59)/t35-,40-,43-,44-,45+,49+/m1/s1. The van der Waals surface area contributed by atoms with Crippen molar-refractivity contribution in [1.82, 2.24) is 15.5 Å². The van der Waals surface area contributed by atoms with E-state index in [1.165, 1.54) is 19.3 Å². The number of hydrogen-bond acceptors (Lipinski definition) is 8. The molecule has 11 nitrogen and oxygen atoms in total. The Kier molecular flexibility index (Phi) is 14.6. The molecule has 3 fully saturated rings. The summed E-state index contributed by atoms with van der Waals surface area (Å²) in [6.45, 7) is 7.10. The molecule has 0 radical (unpaired) electrons. The number of hydrogen-bond donors (Lipinski definition) is 5. The van der Waals surface area contributed by atoms with Crippen LogP contribution in [0.4, 0.5) is 11.4 Å². The Morgan fingerprint density at radius 3 is 2.30 bits per heavy atom. The number of rotatable bonds is 14. The first-order valence-corrected chi connectivity index (χ1v) is 22.1. The molecule has 0 unspecified atom stereocenters. The van der Waals surface area contributed by atoms with Crippen LogP contribution in [0.3, 0.4) is 0 Å². The smallest absolute Gasteiger partial charge is 0.237 e. The van der Waals surface area contributed by atoms with Crippen LogP contribution in [-0.2, 0) is 37.0 Å². The van der Waals surface area contributed by atoms with Crippen molar-refractivity contribution in [2.24, 2.45) is 5.92 Å². The average Bonchev–Trinajstić information content (AvgIpc) is 3.26. The van der Waals surface area contributed by atoms with Crippen LogP contribution < -0.4 is 21.7 Å². The minimum atomic E-state index is -0.649. The molecule has 1 aliphatic carbocycles. The van der Waals surface area contributed by atoms with Crippen LogP contribution in [0, 0.1) is 5.92 Å². The van der Waals surface area contributed by atoms with Crippen LogP contribution in [0.15, 0.2) is 97.1 Å². The zero-order valence-corrected chi connectivity index (χ0v) is 35.9. The highest BCUT2D eigenvalue weighted by Gasteiger charge is 2.44. The van der Waals surface area contributed by atoms with E-state index in [1.807, 2.05) is 81.4 Å². The minimum Gasteiger partial charge on any atom is -0.397 e. The predicted molar refractivity (Wildman–Crippen MR) is 239 cm³/mol. The summed E-state index contributed by atoms with van der Waals surface area (Å²) in [7, 11) is 0. The molecule has 2 saturated heterocycles. The number of piperidine rings is 1. The molecule has 2 heterocycles. The number of nitrogens with two attached hydrogens (primary N) is 1. The number of benzene rings is 4. The van der Waals surface area contributed by atoms with Gasteiger partial charge in [-0.05, 0) is 111 Å². The fourth-order valence-corrected chi connectivity index (χ4v) is 9.24. The number of aliphatic hydroxyl groups excluding tert-OH is 1. The van der Waals surface area contributed by atoms with E-state index in [-0.39, 0.29) is 61.0 Å². The van der Waals surface area contributed by atoms with Gasteiger partial charge in [0.25, 0.3) is 0 Å². The number of amides is 3. The molecule has 61 heavy (non-hydrogen) atoms. The Morgan fingerprint density at radius 2 is 1.52 bits per heavy atom. The average molecular weight is 830 g/mol. The molecule has 7 rings (SSSR count). The second-order valence-corrected chi connectivity index (χ2v) is 18.1. The lowest BCUT2D eigenvalue weighted by Crippen LogP contribution is -2.61.